The summed E-state index contributed by atoms with van der Waals surface area (Å²) >= 11 is 0. The number of allylic oxidation sites excluding steroid dienone is 1. The molecule has 0 spiro atoms. The van der Waals surface area contributed by atoms with Gasteiger partial charge in [0.1, 0.15) is 29.2 Å². The molecule has 0 N–H and O–H groups in total. The Balaban J connectivity index is 2.27. The van der Waals surface area contributed by atoms with Crippen molar-refractivity contribution >= 4 is 17.5 Å². The summed E-state index contributed by atoms with van der Waals surface area (Å²) in [6.07, 6.45) is 6.24. The third-order valence-corrected chi connectivity index (χ3v) is 3.93. The highest BCUT2D eigenvalue weighted by molar-refractivity contribution is 5.71. The number of fused-ring (bicyclic) bond motifs is 1. The lowest BCUT2D eigenvalue weighted by atomic mass is 10.1. The molecule has 2 aromatic rings. The average Bonchev–Trinajstić information content (AvgIpc) is 2.62. The van der Waals surface area contributed by atoms with Crippen molar-refractivity contribution in [1.82, 2.24) is 9.38 Å². The van der Waals surface area contributed by atoms with Gasteiger partial charge >= 0.3 is 0 Å². The Morgan fingerprint density at radius 3 is 2.61 bits per heavy atom. The van der Waals surface area contributed by atoms with E-state index in [0.717, 1.165) is 32.4 Å². The molecule has 1 aliphatic heterocycles. The zero-order valence-electron chi connectivity index (χ0n) is 12.6. The van der Waals surface area contributed by atoms with Crippen LogP contribution in [0.2, 0.25) is 0 Å². The number of hydrogen-bond acceptors (Lipinski definition) is 5. The van der Waals surface area contributed by atoms with Gasteiger partial charge in [0.15, 0.2) is 0 Å². The molecule has 0 unspecified atom stereocenters. The first-order valence-electron chi connectivity index (χ1n) is 7.53. The second kappa shape index (κ2) is 6.33. The van der Waals surface area contributed by atoms with Crippen LogP contribution in [0.15, 0.2) is 34.8 Å². The molecule has 2 aromatic heterocycles. The standard InChI is InChI=1S/C17H15N5O/c18-11-13(12-19)10-14-16(21-7-3-1-4-8-21)20-15-6-2-5-9-22(15)17(14)23/h2,5-6,9-10H,1,3-4,7-8H2. The molecule has 0 saturated carbocycles. The number of pyridine rings is 1. The molecule has 114 valence electrons. The number of rotatable bonds is 2. The first-order chi connectivity index (χ1) is 11.2. The molecular weight excluding hydrogens is 290 g/mol. The van der Waals surface area contributed by atoms with Gasteiger partial charge in [-0.05, 0) is 37.5 Å². The van der Waals surface area contributed by atoms with Crippen LogP contribution in [-0.2, 0) is 0 Å². The van der Waals surface area contributed by atoms with E-state index in [2.05, 4.69) is 9.88 Å². The Labute approximate surface area is 133 Å². The summed E-state index contributed by atoms with van der Waals surface area (Å²) in [6.45, 7) is 1.65. The zero-order chi connectivity index (χ0) is 16.2. The van der Waals surface area contributed by atoms with Gasteiger partial charge in [0, 0.05) is 19.3 Å². The fraction of sp³-hybridized carbons (Fsp3) is 0.294. The molecule has 0 aliphatic carbocycles. The van der Waals surface area contributed by atoms with Crippen LogP contribution in [0.4, 0.5) is 5.82 Å². The van der Waals surface area contributed by atoms with E-state index >= 15 is 0 Å². The number of hydrogen-bond donors (Lipinski definition) is 0. The Morgan fingerprint density at radius 2 is 1.91 bits per heavy atom. The molecule has 6 heteroatoms. The van der Waals surface area contributed by atoms with E-state index in [1.165, 1.54) is 10.5 Å². The van der Waals surface area contributed by atoms with Gasteiger partial charge in [-0.1, -0.05) is 6.07 Å². The van der Waals surface area contributed by atoms with Crippen LogP contribution in [0.1, 0.15) is 24.8 Å². The molecule has 0 radical (unpaired) electrons. The first kappa shape index (κ1) is 14.8. The van der Waals surface area contributed by atoms with Crippen molar-refractivity contribution in [3.8, 4) is 12.1 Å². The molecule has 3 heterocycles. The summed E-state index contributed by atoms with van der Waals surface area (Å²) in [4.78, 5) is 19.5. The summed E-state index contributed by atoms with van der Waals surface area (Å²) in [5.74, 6) is 0.559. The second-order valence-corrected chi connectivity index (χ2v) is 5.41. The van der Waals surface area contributed by atoms with E-state index in [0.29, 0.717) is 17.0 Å². The minimum Gasteiger partial charge on any atom is -0.356 e. The van der Waals surface area contributed by atoms with Crippen LogP contribution in [0.3, 0.4) is 0 Å². The van der Waals surface area contributed by atoms with Gasteiger partial charge in [0.05, 0.1) is 5.56 Å². The maximum absolute atomic E-state index is 12.8. The molecule has 23 heavy (non-hydrogen) atoms. The minimum absolute atomic E-state index is 0.0990. The summed E-state index contributed by atoms with van der Waals surface area (Å²) in [6, 6.07) is 8.97. The van der Waals surface area contributed by atoms with E-state index in [1.54, 1.807) is 18.3 Å². The second-order valence-electron chi connectivity index (χ2n) is 5.41. The van der Waals surface area contributed by atoms with Crippen molar-refractivity contribution in [3.63, 3.8) is 0 Å². The summed E-state index contributed by atoms with van der Waals surface area (Å²) < 4.78 is 1.44. The van der Waals surface area contributed by atoms with E-state index in [4.69, 9.17) is 10.5 Å². The van der Waals surface area contributed by atoms with E-state index in [9.17, 15) is 4.79 Å². The van der Waals surface area contributed by atoms with Gasteiger partial charge in [-0.3, -0.25) is 9.20 Å². The molecule has 0 atom stereocenters. The molecule has 0 bridgehead atoms. The first-order valence-corrected chi connectivity index (χ1v) is 7.53. The van der Waals surface area contributed by atoms with Crippen LogP contribution >= 0.6 is 0 Å². The Kier molecular flexibility index (Phi) is 4.07. The lowest BCUT2D eigenvalue weighted by molar-refractivity contribution is 0.573. The fourth-order valence-electron chi connectivity index (χ4n) is 2.80. The van der Waals surface area contributed by atoms with Crippen molar-refractivity contribution in [3.05, 3.63) is 45.9 Å². The zero-order valence-corrected chi connectivity index (χ0v) is 12.6. The smallest absolute Gasteiger partial charge is 0.267 e. The van der Waals surface area contributed by atoms with Crippen LogP contribution in [0.25, 0.3) is 11.7 Å². The molecule has 1 saturated heterocycles. The predicted octanol–water partition coefficient (Wildman–Crippen LogP) is 2.12. The Bertz CT molecular complexity index is 891. The summed E-state index contributed by atoms with van der Waals surface area (Å²) in [5.41, 5.74) is 0.497. The minimum atomic E-state index is -0.265. The molecule has 3 rings (SSSR count). The number of aromatic nitrogens is 2. The molecule has 1 fully saturated rings. The number of piperidine rings is 1. The number of nitriles is 2. The molecule has 1 aliphatic rings. The topological polar surface area (TPSA) is 85.2 Å². The van der Waals surface area contributed by atoms with E-state index in [-0.39, 0.29) is 11.1 Å². The maximum Gasteiger partial charge on any atom is 0.267 e. The number of anilines is 1. The Hall–Kier alpha value is -3.12. The highest BCUT2D eigenvalue weighted by Crippen LogP contribution is 2.22. The lowest BCUT2D eigenvalue weighted by Gasteiger charge is -2.29. The third-order valence-electron chi connectivity index (χ3n) is 3.93. The molecular formula is C17H15N5O. The predicted molar refractivity (Wildman–Crippen MR) is 86.7 cm³/mol. The quantitative estimate of drug-likeness (QED) is 0.793. The van der Waals surface area contributed by atoms with Crippen molar-refractivity contribution in [2.75, 3.05) is 18.0 Å². The highest BCUT2D eigenvalue weighted by atomic mass is 16.1. The van der Waals surface area contributed by atoms with Crippen molar-refractivity contribution in [1.29, 1.82) is 10.5 Å². The molecule has 0 amide bonds. The molecule has 6 nitrogen and oxygen atoms in total. The maximum atomic E-state index is 12.8. The van der Waals surface area contributed by atoms with Gasteiger partial charge in [0.25, 0.3) is 5.56 Å². The van der Waals surface area contributed by atoms with Gasteiger partial charge in [-0.2, -0.15) is 10.5 Å². The summed E-state index contributed by atoms with van der Waals surface area (Å²) in [5, 5.41) is 18.0. The average molecular weight is 305 g/mol. The van der Waals surface area contributed by atoms with Gasteiger partial charge < -0.3 is 4.90 Å². The lowest BCUT2D eigenvalue weighted by Crippen LogP contribution is -2.33. The SMILES string of the molecule is N#CC(C#N)=Cc1c(N2CCCCC2)nc2ccccn2c1=O. The Morgan fingerprint density at radius 1 is 1.17 bits per heavy atom. The number of nitrogens with zero attached hydrogens (tertiary/aromatic N) is 5. The van der Waals surface area contributed by atoms with Crippen LogP contribution in [0, 0.1) is 22.7 Å². The fourth-order valence-corrected chi connectivity index (χ4v) is 2.80. The largest absolute Gasteiger partial charge is 0.356 e. The monoisotopic (exact) mass is 305 g/mol. The van der Waals surface area contributed by atoms with Crippen molar-refractivity contribution in [2.24, 2.45) is 0 Å². The normalized spacial score (nSPS) is 14.1. The van der Waals surface area contributed by atoms with Gasteiger partial charge in [-0.25, -0.2) is 4.98 Å². The van der Waals surface area contributed by atoms with E-state index in [1.807, 2.05) is 18.2 Å². The van der Waals surface area contributed by atoms with E-state index < -0.39 is 0 Å². The van der Waals surface area contributed by atoms with Crippen LogP contribution < -0.4 is 10.5 Å². The molecule has 0 aromatic carbocycles. The van der Waals surface area contributed by atoms with Gasteiger partial charge in [0.2, 0.25) is 0 Å². The third kappa shape index (κ3) is 2.79. The highest BCUT2D eigenvalue weighted by Gasteiger charge is 2.19. The van der Waals surface area contributed by atoms with Crippen LogP contribution in [0.5, 0.6) is 0 Å². The van der Waals surface area contributed by atoms with Crippen molar-refractivity contribution < 1.29 is 0 Å². The van der Waals surface area contributed by atoms with Crippen molar-refractivity contribution in [2.45, 2.75) is 19.3 Å². The van der Waals surface area contributed by atoms with Crippen LogP contribution in [-0.4, -0.2) is 22.5 Å². The van der Waals surface area contributed by atoms with Gasteiger partial charge in [-0.15, -0.1) is 0 Å². The summed E-state index contributed by atoms with van der Waals surface area (Å²) in [7, 11) is 0.